The summed E-state index contributed by atoms with van der Waals surface area (Å²) in [5.41, 5.74) is 0.897. The summed E-state index contributed by atoms with van der Waals surface area (Å²) < 4.78 is 8.59. The molecule has 0 unspecified atom stereocenters. The van der Waals surface area contributed by atoms with E-state index < -0.39 is 0 Å². The summed E-state index contributed by atoms with van der Waals surface area (Å²) >= 11 is 1.30. The van der Waals surface area contributed by atoms with Crippen LogP contribution in [0.1, 0.15) is 0 Å². The number of rotatable bonds is 6. The van der Waals surface area contributed by atoms with E-state index in [0.29, 0.717) is 11.0 Å². The molecule has 0 aliphatic rings. The van der Waals surface area contributed by atoms with Gasteiger partial charge in [-0.25, -0.2) is 0 Å². The third-order valence-electron chi connectivity index (χ3n) is 3.18. The van der Waals surface area contributed by atoms with Crippen LogP contribution in [0.25, 0.3) is 5.69 Å². The van der Waals surface area contributed by atoms with Crippen molar-refractivity contribution in [2.45, 2.75) is 5.16 Å². The maximum absolute atomic E-state index is 12.0. The van der Waals surface area contributed by atoms with Gasteiger partial charge < -0.3 is 10.1 Å². The molecule has 3 rings (SSSR count). The second kappa shape index (κ2) is 7.18. The molecule has 0 saturated carbocycles. The number of carbonyl (C=O) groups is 1. The lowest BCUT2D eigenvalue weighted by Gasteiger charge is -2.07. The summed E-state index contributed by atoms with van der Waals surface area (Å²) in [6, 6.07) is 9.26. The Morgan fingerprint density at radius 3 is 2.75 bits per heavy atom. The first-order chi connectivity index (χ1) is 11.7. The van der Waals surface area contributed by atoms with Gasteiger partial charge in [0.1, 0.15) is 12.1 Å². The van der Waals surface area contributed by atoms with Gasteiger partial charge in [0, 0.05) is 25.0 Å². The Labute approximate surface area is 142 Å². The summed E-state index contributed by atoms with van der Waals surface area (Å²) in [5, 5.41) is 15.5. The van der Waals surface area contributed by atoms with Crippen molar-refractivity contribution < 1.29 is 9.53 Å². The smallest absolute Gasteiger partial charge is 0.236 e. The first-order valence-electron chi connectivity index (χ1n) is 7.12. The van der Waals surface area contributed by atoms with E-state index in [1.54, 1.807) is 37.4 Å². The molecular formula is C15H16N6O2S. The molecule has 1 aromatic carbocycles. The standard InChI is InChI=1S/C15H16N6O2S/c1-20-8-7-13(19-20)17-14(22)9-24-15-18-16-10-21(15)11-3-5-12(23-2)6-4-11/h3-8,10H,9H2,1-2H3,(H,17,19,22). The number of nitrogens with zero attached hydrogens (tertiary/aromatic N) is 5. The molecule has 1 amide bonds. The lowest BCUT2D eigenvalue weighted by atomic mass is 10.3. The van der Waals surface area contributed by atoms with Gasteiger partial charge in [-0.1, -0.05) is 11.8 Å². The average molecular weight is 344 g/mol. The van der Waals surface area contributed by atoms with Gasteiger partial charge in [0.15, 0.2) is 11.0 Å². The minimum Gasteiger partial charge on any atom is -0.497 e. The van der Waals surface area contributed by atoms with Crippen molar-refractivity contribution in [1.29, 1.82) is 0 Å². The van der Waals surface area contributed by atoms with Crippen LogP contribution in [0.3, 0.4) is 0 Å². The van der Waals surface area contributed by atoms with Crippen LogP contribution in [0, 0.1) is 0 Å². The summed E-state index contributed by atoms with van der Waals surface area (Å²) in [7, 11) is 3.41. The highest BCUT2D eigenvalue weighted by Crippen LogP contribution is 2.21. The SMILES string of the molecule is COc1ccc(-n2cnnc2SCC(=O)Nc2ccn(C)n2)cc1. The predicted octanol–water partition coefficient (Wildman–Crippen LogP) is 1.74. The summed E-state index contributed by atoms with van der Waals surface area (Å²) in [5.74, 6) is 1.37. The summed E-state index contributed by atoms with van der Waals surface area (Å²) in [6.07, 6.45) is 3.38. The number of nitrogens with one attached hydrogen (secondary N) is 1. The van der Waals surface area contributed by atoms with Crippen molar-refractivity contribution in [1.82, 2.24) is 24.5 Å². The third kappa shape index (κ3) is 3.74. The molecule has 1 N–H and O–H groups in total. The molecule has 0 aliphatic heterocycles. The third-order valence-corrected chi connectivity index (χ3v) is 4.12. The van der Waals surface area contributed by atoms with Crippen molar-refractivity contribution in [3.8, 4) is 11.4 Å². The zero-order chi connectivity index (χ0) is 16.9. The first-order valence-corrected chi connectivity index (χ1v) is 8.11. The molecule has 2 heterocycles. The number of ether oxygens (including phenoxy) is 1. The Bertz CT molecular complexity index is 827. The van der Waals surface area contributed by atoms with E-state index in [1.165, 1.54) is 11.8 Å². The number of methoxy groups -OCH3 is 1. The van der Waals surface area contributed by atoms with Gasteiger partial charge in [-0.2, -0.15) is 5.10 Å². The molecule has 124 valence electrons. The molecule has 8 nitrogen and oxygen atoms in total. The van der Waals surface area contributed by atoms with Crippen LogP contribution in [0.15, 0.2) is 48.0 Å². The molecule has 0 radical (unpaired) electrons. The number of hydrogen-bond donors (Lipinski definition) is 1. The van der Waals surface area contributed by atoms with E-state index in [-0.39, 0.29) is 11.7 Å². The summed E-state index contributed by atoms with van der Waals surface area (Å²) in [6.45, 7) is 0. The number of aryl methyl sites for hydroxylation is 1. The van der Waals surface area contributed by atoms with Crippen LogP contribution in [-0.4, -0.2) is 43.3 Å². The van der Waals surface area contributed by atoms with E-state index in [0.717, 1.165) is 11.4 Å². The van der Waals surface area contributed by atoms with Gasteiger partial charge in [0.2, 0.25) is 5.91 Å². The number of anilines is 1. The Morgan fingerprint density at radius 1 is 1.29 bits per heavy atom. The van der Waals surface area contributed by atoms with Crippen LogP contribution in [0.2, 0.25) is 0 Å². The van der Waals surface area contributed by atoms with Crippen LogP contribution in [0.5, 0.6) is 5.75 Å². The second-order valence-electron chi connectivity index (χ2n) is 4.89. The van der Waals surface area contributed by atoms with E-state index in [9.17, 15) is 4.79 Å². The van der Waals surface area contributed by atoms with Gasteiger partial charge in [-0.15, -0.1) is 10.2 Å². The zero-order valence-corrected chi connectivity index (χ0v) is 14.0. The summed E-state index contributed by atoms with van der Waals surface area (Å²) in [4.78, 5) is 12.0. The van der Waals surface area contributed by atoms with E-state index in [1.807, 2.05) is 28.8 Å². The molecule has 9 heteroatoms. The fourth-order valence-electron chi connectivity index (χ4n) is 2.03. The van der Waals surface area contributed by atoms with Crippen molar-refractivity contribution in [3.63, 3.8) is 0 Å². The molecule has 24 heavy (non-hydrogen) atoms. The Hall–Kier alpha value is -2.81. The quantitative estimate of drug-likeness (QED) is 0.686. The van der Waals surface area contributed by atoms with Gasteiger partial charge in [-0.05, 0) is 24.3 Å². The van der Waals surface area contributed by atoms with E-state index in [2.05, 4.69) is 20.6 Å². The van der Waals surface area contributed by atoms with Crippen LogP contribution >= 0.6 is 11.8 Å². The molecule has 0 aliphatic carbocycles. The Morgan fingerprint density at radius 2 is 2.08 bits per heavy atom. The van der Waals surface area contributed by atoms with Crippen LogP contribution in [0.4, 0.5) is 5.82 Å². The van der Waals surface area contributed by atoms with Gasteiger partial charge in [0.25, 0.3) is 0 Å². The lowest BCUT2D eigenvalue weighted by molar-refractivity contribution is -0.113. The molecule has 2 aromatic heterocycles. The number of thioether (sulfide) groups is 1. The Balaban J connectivity index is 1.63. The maximum Gasteiger partial charge on any atom is 0.236 e. The molecule has 3 aromatic rings. The maximum atomic E-state index is 12.0. The Kier molecular flexibility index (Phi) is 4.80. The molecule has 0 atom stereocenters. The monoisotopic (exact) mass is 344 g/mol. The van der Waals surface area contributed by atoms with Gasteiger partial charge in [0.05, 0.1) is 12.9 Å². The van der Waals surface area contributed by atoms with Crippen molar-refractivity contribution in [3.05, 3.63) is 42.9 Å². The van der Waals surface area contributed by atoms with Crippen LogP contribution < -0.4 is 10.1 Å². The number of benzene rings is 1. The fraction of sp³-hybridized carbons (Fsp3) is 0.200. The molecular weight excluding hydrogens is 328 g/mol. The molecule has 0 bridgehead atoms. The highest BCUT2D eigenvalue weighted by molar-refractivity contribution is 7.99. The highest BCUT2D eigenvalue weighted by Gasteiger charge is 2.11. The molecule has 0 fully saturated rings. The molecule has 0 spiro atoms. The molecule has 0 saturated heterocycles. The number of amides is 1. The topological polar surface area (TPSA) is 86.9 Å². The van der Waals surface area contributed by atoms with E-state index >= 15 is 0 Å². The minimum absolute atomic E-state index is 0.150. The van der Waals surface area contributed by atoms with Crippen molar-refractivity contribution >= 4 is 23.5 Å². The average Bonchev–Trinajstić information content (AvgIpc) is 3.22. The van der Waals surface area contributed by atoms with Gasteiger partial charge >= 0.3 is 0 Å². The highest BCUT2D eigenvalue weighted by atomic mass is 32.2. The normalized spacial score (nSPS) is 10.6. The number of carbonyl (C=O) groups excluding carboxylic acids is 1. The second-order valence-corrected chi connectivity index (χ2v) is 5.84. The number of aromatic nitrogens is 5. The number of hydrogen-bond acceptors (Lipinski definition) is 6. The van der Waals surface area contributed by atoms with Crippen molar-refractivity contribution in [2.24, 2.45) is 7.05 Å². The first kappa shape index (κ1) is 16.1. The van der Waals surface area contributed by atoms with E-state index in [4.69, 9.17) is 4.74 Å². The zero-order valence-electron chi connectivity index (χ0n) is 13.2. The van der Waals surface area contributed by atoms with Crippen molar-refractivity contribution in [2.75, 3.05) is 18.2 Å². The van der Waals surface area contributed by atoms with Crippen LogP contribution in [-0.2, 0) is 11.8 Å². The van der Waals surface area contributed by atoms with Gasteiger partial charge in [-0.3, -0.25) is 14.0 Å². The fourth-order valence-corrected chi connectivity index (χ4v) is 2.76. The minimum atomic E-state index is -0.150. The lowest BCUT2D eigenvalue weighted by Crippen LogP contribution is -2.15. The largest absolute Gasteiger partial charge is 0.497 e. The predicted molar refractivity (Wildman–Crippen MR) is 90.5 cm³/mol.